The molecule has 0 aliphatic carbocycles. The molecule has 0 atom stereocenters. The van der Waals surface area contributed by atoms with E-state index in [0.717, 1.165) is 0 Å². The summed E-state index contributed by atoms with van der Waals surface area (Å²) in [5.41, 5.74) is 1.54. The summed E-state index contributed by atoms with van der Waals surface area (Å²) in [6, 6.07) is 10.9. The van der Waals surface area contributed by atoms with E-state index in [2.05, 4.69) is 10.6 Å². The minimum atomic E-state index is -0.399. The number of hydrogen-bond donors (Lipinski definition) is 2. The van der Waals surface area contributed by atoms with Crippen molar-refractivity contribution < 1.29 is 23.5 Å². The van der Waals surface area contributed by atoms with Crippen molar-refractivity contribution in [3.63, 3.8) is 0 Å². The van der Waals surface area contributed by atoms with Crippen LogP contribution in [0.1, 0.15) is 17.3 Å². The summed E-state index contributed by atoms with van der Waals surface area (Å²) in [5, 5.41) is 5.21. The average Bonchev–Trinajstić information content (AvgIpc) is 2.69. The highest BCUT2D eigenvalue weighted by Gasteiger charge is 2.12. The maximum atomic E-state index is 13.6. The van der Waals surface area contributed by atoms with E-state index < -0.39 is 11.7 Å². The molecule has 0 bridgehead atoms. The first kappa shape index (κ1) is 20.4. The van der Waals surface area contributed by atoms with Gasteiger partial charge in [-0.3, -0.25) is 9.59 Å². The fourth-order valence-corrected chi connectivity index (χ4v) is 2.47. The van der Waals surface area contributed by atoms with Gasteiger partial charge in [-0.25, -0.2) is 4.39 Å². The first-order valence-electron chi connectivity index (χ1n) is 8.61. The van der Waals surface area contributed by atoms with Gasteiger partial charge >= 0.3 is 0 Å². The Hall–Kier alpha value is -2.93. The molecule has 0 saturated carbocycles. The number of amides is 2. The zero-order valence-corrected chi connectivity index (χ0v) is 15.4. The molecule has 0 radical (unpaired) electrons. The zero-order chi connectivity index (χ0) is 19.6. The van der Waals surface area contributed by atoms with Crippen LogP contribution in [0, 0.1) is 5.82 Å². The van der Waals surface area contributed by atoms with Crippen molar-refractivity contribution >= 4 is 11.8 Å². The first-order chi connectivity index (χ1) is 13.0. The molecule has 2 rings (SSSR count). The molecule has 144 valence electrons. The summed E-state index contributed by atoms with van der Waals surface area (Å²) < 4.78 is 24.0. The van der Waals surface area contributed by atoms with Gasteiger partial charge in [-0.05, 0) is 42.8 Å². The maximum absolute atomic E-state index is 13.6. The Morgan fingerprint density at radius 3 is 2.67 bits per heavy atom. The normalized spacial score (nSPS) is 10.3. The number of carbonyl (C=O) groups excluding carboxylic acids is 2. The van der Waals surface area contributed by atoms with Crippen LogP contribution in [0.25, 0.3) is 11.1 Å². The Labute approximate surface area is 157 Å². The largest absolute Gasteiger partial charge is 0.496 e. The third kappa shape index (κ3) is 6.07. The smallest absolute Gasteiger partial charge is 0.251 e. The molecule has 0 aromatic heterocycles. The minimum absolute atomic E-state index is 0.140. The standard InChI is InChI=1S/C20H23FN2O4/c1-3-27-10-9-22-19(24)13-23-20(25)15-6-4-5-14(11-15)17-12-16(21)7-8-18(17)26-2/h4-8,11-12H,3,9-10,13H2,1-2H3,(H,22,24)(H,23,25). The van der Waals surface area contributed by atoms with Crippen molar-refractivity contribution in [3.8, 4) is 16.9 Å². The van der Waals surface area contributed by atoms with Crippen LogP contribution >= 0.6 is 0 Å². The summed E-state index contributed by atoms with van der Waals surface area (Å²) in [6.45, 7) is 3.12. The summed E-state index contributed by atoms with van der Waals surface area (Å²) >= 11 is 0. The maximum Gasteiger partial charge on any atom is 0.251 e. The van der Waals surface area contributed by atoms with Gasteiger partial charge in [0.2, 0.25) is 5.91 Å². The van der Waals surface area contributed by atoms with Crippen LogP contribution in [0.4, 0.5) is 4.39 Å². The topological polar surface area (TPSA) is 76.7 Å². The lowest BCUT2D eigenvalue weighted by Gasteiger charge is -2.11. The van der Waals surface area contributed by atoms with Crippen molar-refractivity contribution in [3.05, 3.63) is 53.8 Å². The van der Waals surface area contributed by atoms with E-state index in [0.29, 0.717) is 42.2 Å². The van der Waals surface area contributed by atoms with Crippen LogP contribution in [0.5, 0.6) is 5.75 Å². The summed E-state index contributed by atoms with van der Waals surface area (Å²) in [7, 11) is 1.50. The fourth-order valence-electron chi connectivity index (χ4n) is 2.47. The molecule has 0 aliphatic rings. The predicted molar refractivity (Wildman–Crippen MR) is 100 cm³/mol. The Morgan fingerprint density at radius 2 is 1.93 bits per heavy atom. The Kier molecular flexibility index (Phi) is 7.76. The molecule has 6 nitrogen and oxygen atoms in total. The van der Waals surface area contributed by atoms with E-state index in [-0.39, 0.29) is 12.5 Å². The number of halogens is 1. The molecule has 27 heavy (non-hydrogen) atoms. The molecule has 2 amide bonds. The van der Waals surface area contributed by atoms with Crippen molar-refractivity contribution in [1.29, 1.82) is 0 Å². The highest BCUT2D eigenvalue weighted by Crippen LogP contribution is 2.31. The van der Waals surface area contributed by atoms with E-state index in [4.69, 9.17) is 9.47 Å². The minimum Gasteiger partial charge on any atom is -0.496 e. The van der Waals surface area contributed by atoms with Gasteiger partial charge in [-0.2, -0.15) is 0 Å². The lowest BCUT2D eigenvalue weighted by molar-refractivity contribution is -0.120. The van der Waals surface area contributed by atoms with Gasteiger partial charge in [-0.1, -0.05) is 12.1 Å². The quantitative estimate of drug-likeness (QED) is 0.661. The summed E-state index contributed by atoms with van der Waals surface area (Å²) in [4.78, 5) is 24.0. The van der Waals surface area contributed by atoms with Gasteiger partial charge in [0.15, 0.2) is 0 Å². The Balaban J connectivity index is 2.02. The van der Waals surface area contributed by atoms with Crippen LogP contribution in [0.15, 0.2) is 42.5 Å². The molecule has 0 saturated heterocycles. The van der Waals surface area contributed by atoms with Crippen LogP contribution in [0.3, 0.4) is 0 Å². The highest BCUT2D eigenvalue weighted by molar-refractivity contribution is 5.97. The molecule has 0 unspecified atom stereocenters. The third-order valence-electron chi connectivity index (χ3n) is 3.78. The highest BCUT2D eigenvalue weighted by atomic mass is 19.1. The monoisotopic (exact) mass is 374 g/mol. The van der Waals surface area contributed by atoms with Gasteiger partial charge in [0, 0.05) is 24.3 Å². The van der Waals surface area contributed by atoms with Crippen LogP contribution in [0.2, 0.25) is 0 Å². The Morgan fingerprint density at radius 1 is 1.11 bits per heavy atom. The molecular weight excluding hydrogens is 351 g/mol. The van der Waals surface area contributed by atoms with Crippen molar-refractivity contribution in [1.82, 2.24) is 10.6 Å². The van der Waals surface area contributed by atoms with E-state index in [9.17, 15) is 14.0 Å². The van der Waals surface area contributed by atoms with Crippen molar-refractivity contribution in [2.75, 3.05) is 33.4 Å². The lowest BCUT2D eigenvalue weighted by atomic mass is 10.0. The van der Waals surface area contributed by atoms with Gasteiger partial charge in [-0.15, -0.1) is 0 Å². The molecule has 2 N–H and O–H groups in total. The van der Waals surface area contributed by atoms with Crippen molar-refractivity contribution in [2.24, 2.45) is 0 Å². The molecule has 0 heterocycles. The van der Waals surface area contributed by atoms with Gasteiger partial charge in [0.05, 0.1) is 20.3 Å². The molecule has 0 spiro atoms. The summed E-state index contributed by atoms with van der Waals surface area (Å²) in [6.07, 6.45) is 0. The van der Waals surface area contributed by atoms with Crippen LogP contribution in [-0.2, 0) is 9.53 Å². The summed E-state index contributed by atoms with van der Waals surface area (Å²) in [5.74, 6) is -0.592. The molecule has 2 aromatic rings. The SMILES string of the molecule is CCOCCNC(=O)CNC(=O)c1cccc(-c2cc(F)ccc2OC)c1. The third-order valence-corrected chi connectivity index (χ3v) is 3.78. The van der Waals surface area contributed by atoms with Crippen molar-refractivity contribution in [2.45, 2.75) is 6.92 Å². The number of nitrogens with one attached hydrogen (secondary N) is 2. The van der Waals surface area contributed by atoms with Gasteiger partial charge in [0.25, 0.3) is 5.91 Å². The van der Waals surface area contributed by atoms with Crippen LogP contribution < -0.4 is 15.4 Å². The lowest BCUT2D eigenvalue weighted by Crippen LogP contribution is -2.38. The van der Waals surface area contributed by atoms with E-state index >= 15 is 0 Å². The van der Waals surface area contributed by atoms with E-state index in [1.54, 1.807) is 24.3 Å². The molecular formula is C20H23FN2O4. The number of methoxy groups -OCH3 is 1. The number of carbonyl (C=O) groups is 2. The second kappa shape index (κ2) is 10.3. The first-order valence-corrected chi connectivity index (χ1v) is 8.61. The second-order valence-corrected chi connectivity index (χ2v) is 5.65. The Bertz CT molecular complexity index is 795. The molecule has 0 fully saturated rings. The molecule has 2 aromatic carbocycles. The van der Waals surface area contributed by atoms with E-state index in [1.807, 2.05) is 6.92 Å². The number of rotatable bonds is 9. The molecule has 7 heteroatoms. The van der Waals surface area contributed by atoms with Gasteiger partial charge in [0.1, 0.15) is 11.6 Å². The second-order valence-electron chi connectivity index (χ2n) is 5.65. The number of ether oxygens (including phenoxy) is 2. The average molecular weight is 374 g/mol. The zero-order valence-electron chi connectivity index (χ0n) is 15.4. The molecule has 0 aliphatic heterocycles. The number of hydrogen-bond acceptors (Lipinski definition) is 4. The predicted octanol–water partition coefficient (Wildman–Crippen LogP) is 2.38. The number of benzene rings is 2. The van der Waals surface area contributed by atoms with E-state index in [1.165, 1.54) is 25.3 Å². The van der Waals surface area contributed by atoms with Crippen LogP contribution in [-0.4, -0.2) is 45.2 Å². The fraction of sp³-hybridized carbons (Fsp3) is 0.300. The van der Waals surface area contributed by atoms with Gasteiger partial charge < -0.3 is 20.1 Å².